The van der Waals surface area contributed by atoms with E-state index in [4.69, 9.17) is 22.1 Å². The summed E-state index contributed by atoms with van der Waals surface area (Å²) in [6, 6.07) is 10.2. The molecule has 0 saturated heterocycles. The van der Waals surface area contributed by atoms with Crippen LogP contribution in [-0.4, -0.2) is 7.11 Å². The number of benzene rings is 2. The Hall–Kier alpha value is -1.39. The number of hydrogen-bond acceptors (Lipinski definition) is 3. The van der Waals surface area contributed by atoms with Crippen LogP contribution in [0.4, 0.5) is 10.1 Å². The van der Waals surface area contributed by atoms with Gasteiger partial charge in [-0.1, -0.05) is 17.7 Å². The lowest BCUT2D eigenvalue weighted by Gasteiger charge is -2.06. The van der Waals surface area contributed by atoms with Crippen LogP contribution in [0.3, 0.4) is 0 Å². The molecular weight excluding hydrogens is 285 g/mol. The second-order valence-electron chi connectivity index (χ2n) is 3.93. The number of thioether (sulfide) groups is 1. The number of nitrogens with two attached hydrogens (primary N) is 1. The average Bonchev–Trinajstić information content (AvgIpc) is 2.41. The molecule has 19 heavy (non-hydrogen) atoms. The van der Waals surface area contributed by atoms with Crippen molar-refractivity contribution >= 4 is 29.1 Å². The maximum Gasteiger partial charge on any atom is 0.130 e. The minimum absolute atomic E-state index is 0.270. The molecule has 2 aromatic rings. The van der Waals surface area contributed by atoms with Gasteiger partial charge < -0.3 is 10.5 Å². The molecule has 0 amide bonds. The molecule has 0 radical (unpaired) electrons. The molecular formula is C14H13ClFNOS. The standard InChI is InChI=1S/C14H13ClFNOS/c1-18-10-3-2-9(13(16)6-10)8-19-11-4-5-14(17)12(15)7-11/h2-7H,8,17H2,1H3. The van der Waals surface area contributed by atoms with Crippen molar-refractivity contribution < 1.29 is 9.13 Å². The SMILES string of the molecule is COc1ccc(CSc2ccc(N)c(Cl)c2)c(F)c1. The van der Waals surface area contributed by atoms with E-state index in [1.54, 1.807) is 24.3 Å². The third-order valence-corrected chi connectivity index (χ3v) is 4.00. The molecule has 2 N–H and O–H groups in total. The zero-order chi connectivity index (χ0) is 13.8. The van der Waals surface area contributed by atoms with E-state index in [9.17, 15) is 4.39 Å². The smallest absolute Gasteiger partial charge is 0.130 e. The number of nitrogen functional groups attached to an aromatic ring is 1. The Kier molecular flexibility index (Phi) is 4.56. The summed E-state index contributed by atoms with van der Waals surface area (Å²) in [5.74, 6) is 0.769. The van der Waals surface area contributed by atoms with Crippen LogP contribution in [0.15, 0.2) is 41.3 Å². The molecule has 0 unspecified atom stereocenters. The largest absolute Gasteiger partial charge is 0.497 e. The quantitative estimate of drug-likeness (QED) is 0.672. The summed E-state index contributed by atoms with van der Waals surface area (Å²) in [6.07, 6.45) is 0. The van der Waals surface area contributed by atoms with E-state index in [1.165, 1.54) is 24.9 Å². The minimum atomic E-state index is -0.270. The Balaban J connectivity index is 2.07. The van der Waals surface area contributed by atoms with Crippen LogP contribution in [0, 0.1) is 5.82 Å². The number of halogens is 2. The lowest BCUT2D eigenvalue weighted by Crippen LogP contribution is -1.91. The first kappa shape index (κ1) is 14.0. The number of rotatable bonds is 4. The summed E-state index contributed by atoms with van der Waals surface area (Å²) in [6.45, 7) is 0. The summed E-state index contributed by atoms with van der Waals surface area (Å²) in [7, 11) is 1.51. The lowest BCUT2D eigenvalue weighted by atomic mass is 10.2. The minimum Gasteiger partial charge on any atom is -0.497 e. The van der Waals surface area contributed by atoms with Crippen molar-refractivity contribution in [2.75, 3.05) is 12.8 Å². The number of hydrogen-bond donors (Lipinski definition) is 1. The van der Waals surface area contributed by atoms with Gasteiger partial charge in [0.2, 0.25) is 0 Å². The maximum absolute atomic E-state index is 13.7. The molecule has 0 aliphatic carbocycles. The van der Waals surface area contributed by atoms with Crippen LogP contribution < -0.4 is 10.5 Å². The molecule has 0 aliphatic rings. The second kappa shape index (κ2) is 6.17. The molecule has 0 saturated carbocycles. The normalized spacial score (nSPS) is 10.5. The Bertz CT molecular complexity index is 592. The van der Waals surface area contributed by atoms with Crippen LogP contribution in [0.2, 0.25) is 5.02 Å². The Labute approximate surface area is 120 Å². The second-order valence-corrected chi connectivity index (χ2v) is 5.39. The highest BCUT2D eigenvalue weighted by atomic mass is 35.5. The highest BCUT2D eigenvalue weighted by Gasteiger charge is 2.06. The summed E-state index contributed by atoms with van der Waals surface area (Å²) in [5.41, 5.74) is 6.80. The van der Waals surface area contributed by atoms with Crippen molar-refractivity contribution in [3.8, 4) is 5.75 Å². The molecule has 0 atom stereocenters. The van der Waals surface area contributed by atoms with Crippen molar-refractivity contribution in [2.45, 2.75) is 10.6 Å². The first-order valence-corrected chi connectivity index (χ1v) is 6.96. The fraction of sp³-hybridized carbons (Fsp3) is 0.143. The summed E-state index contributed by atoms with van der Waals surface area (Å²) in [5, 5.41) is 0.514. The maximum atomic E-state index is 13.7. The van der Waals surface area contributed by atoms with Gasteiger partial charge in [0.15, 0.2) is 0 Å². The fourth-order valence-electron chi connectivity index (χ4n) is 1.53. The zero-order valence-electron chi connectivity index (χ0n) is 10.3. The van der Waals surface area contributed by atoms with Crippen LogP contribution in [0.25, 0.3) is 0 Å². The highest BCUT2D eigenvalue weighted by Crippen LogP contribution is 2.29. The van der Waals surface area contributed by atoms with Gasteiger partial charge in [0, 0.05) is 16.7 Å². The third-order valence-electron chi connectivity index (χ3n) is 2.63. The van der Waals surface area contributed by atoms with Gasteiger partial charge >= 0.3 is 0 Å². The van der Waals surface area contributed by atoms with Crippen LogP contribution in [0.5, 0.6) is 5.75 Å². The van der Waals surface area contributed by atoms with E-state index in [2.05, 4.69) is 0 Å². The molecule has 2 rings (SSSR count). The van der Waals surface area contributed by atoms with E-state index in [0.29, 0.717) is 27.8 Å². The summed E-state index contributed by atoms with van der Waals surface area (Å²) in [4.78, 5) is 0.953. The molecule has 0 spiro atoms. The fourth-order valence-corrected chi connectivity index (χ4v) is 2.70. The lowest BCUT2D eigenvalue weighted by molar-refractivity contribution is 0.411. The summed E-state index contributed by atoms with van der Waals surface area (Å²) < 4.78 is 18.7. The van der Waals surface area contributed by atoms with E-state index in [1.807, 2.05) is 6.07 Å². The van der Waals surface area contributed by atoms with E-state index in [0.717, 1.165) is 4.90 Å². The summed E-state index contributed by atoms with van der Waals surface area (Å²) >= 11 is 7.44. The molecule has 0 aliphatic heterocycles. The van der Waals surface area contributed by atoms with Gasteiger partial charge in [0.25, 0.3) is 0 Å². The van der Waals surface area contributed by atoms with Crippen molar-refractivity contribution in [1.29, 1.82) is 0 Å². The molecule has 0 bridgehead atoms. The highest BCUT2D eigenvalue weighted by molar-refractivity contribution is 7.98. The predicted molar refractivity (Wildman–Crippen MR) is 78.4 cm³/mol. The molecule has 0 heterocycles. The van der Waals surface area contributed by atoms with Gasteiger partial charge in [-0.3, -0.25) is 0 Å². The predicted octanol–water partition coefficient (Wildman–Crippen LogP) is 4.36. The molecule has 100 valence electrons. The monoisotopic (exact) mass is 297 g/mol. The Morgan fingerprint density at radius 2 is 2.05 bits per heavy atom. The first-order chi connectivity index (χ1) is 9.10. The zero-order valence-corrected chi connectivity index (χ0v) is 11.9. The molecule has 2 nitrogen and oxygen atoms in total. The van der Waals surface area contributed by atoms with Crippen molar-refractivity contribution in [3.63, 3.8) is 0 Å². The number of methoxy groups -OCH3 is 1. The molecule has 0 fully saturated rings. The van der Waals surface area contributed by atoms with Crippen LogP contribution in [-0.2, 0) is 5.75 Å². The van der Waals surface area contributed by atoms with Crippen LogP contribution in [0.1, 0.15) is 5.56 Å². The number of anilines is 1. The van der Waals surface area contributed by atoms with Gasteiger partial charge in [0.1, 0.15) is 11.6 Å². The van der Waals surface area contributed by atoms with E-state index >= 15 is 0 Å². The topological polar surface area (TPSA) is 35.2 Å². The van der Waals surface area contributed by atoms with E-state index < -0.39 is 0 Å². The van der Waals surface area contributed by atoms with Gasteiger partial charge in [0.05, 0.1) is 17.8 Å². The molecule has 2 aromatic carbocycles. The van der Waals surface area contributed by atoms with Gasteiger partial charge in [-0.2, -0.15) is 0 Å². The Morgan fingerprint density at radius 3 is 2.68 bits per heavy atom. The van der Waals surface area contributed by atoms with Gasteiger partial charge in [-0.15, -0.1) is 11.8 Å². The number of ether oxygens (including phenoxy) is 1. The van der Waals surface area contributed by atoms with Crippen molar-refractivity contribution in [3.05, 3.63) is 52.8 Å². The Morgan fingerprint density at radius 1 is 1.26 bits per heavy atom. The third kappa shape index (κ3) is 3.55. The van der Waals surface area contributed by atoms with Gasteiger partial charge in [-0.25, -0.2) is 4.39 Å². The van der Waals surface area contributed by atoms with E-state index in [-0.39, 0.29) is 5.82 Å². The molecule has 5 heteroatoms. The first-order valence-electron chi connectivity index (χ1n) is 5.60. The average molecular weight is 298 g/mol. The van der Waals surface area contributed by atoms with Crippen molar-refractivity contribution in [1.82, 2.24) is 0 Å². The van der Waals surface area contributed by atoms with Crippen molar-refractivity contribution in [2.24, 2.45) is 0 Å². The van der Waals surface area contributed by atoms with Crippen LogP contribution >= 0.6 is 23.4 Å². The molecule has 0 aromatic heterocycles. The van der Waals surface area contributed by atoms with Gasteiger partial charge in [-0.05, 0) is 29.8 Å².